The average molecular weight is 377 g/mol. The molecule has 1 atom stereocenters. The monoisotopic (exact) mass is 376 g/mol. The van der Waals surface area contributed by atoms with Gasteiger partial charge in [-0.05, 0) is 24.1 Å². The second-order valence-corrected chi connectivity index (χ2v) is 5.00. The normalized spacial score (nSPS) is 11.1. The molecule has 24 heavy (non-hydrogen) atoms. The molecule has 7 nitrogen and oxygen atoms in total. The first-order valence-corrected chi connectivity index (χ1v) is 7.01. The number of phenols is 1. The number of aromatic hydroxyl groups is 1. The quantitative estimate of drug-likeness (QED) is 0.571. The van der Waals surface area contributed by atoms with Crippen molar-refractivity contribution in [2.45, 2.75) is 19.0 Å². The predicted molar refractivity (Wildman–Crippen MR) is 95.4 cm³/mol. The van der Waals surface area contributed by atoms with Crippen LogP contribution in [0.5, 0.6) is 5.75 Å². The van der Waals surface area contributed by atoms with E-state index in [2.05, 4.69) is 9.97 Å². The fourth-order valence-electron chi connectivity index (χ4n) is 2.16. The Bertz CT molecular complexity index is 593. The summed E-state index contributed by atoms with van der Waals surface area (Å²) in [5.41, 5.74) is 6.84. The fourth-order valence-corrected chi connectivity index (χ4v) is 2.16. The van der Waals surface area contributed by atoms with Gasteiger partial charge < -0.3 is 25.8 Å². The lowest BCUT2D eigenvalue weighted by atomic mass is 10.1. The highest BCUT2D eigenvalue weighted by molar-refractivity contribution is 5.85. The number of phenolic OH excluding ortho intramolecular Hbond substituents is 1. The molecule has 0 radical (unpaired) electrons. The summed E-state index contributed by atoms with van der Waals surface area (Å²) in [4.78, 5) is 20.9. The lowest BCUT2D eigenvalue weighted by Crippen LogP contribution is -2.45. The Morgan fingerprint density at radius 2 is 1.96 bits per heavy atom. The summed E-state index contributed by atoms with van der Waals surface area (Å²) < 4.78 is 0. The van der Waals surface area contributed by atoms with E-state index in [1.807, 2.05) is 0 Å². The number of benzene rings is 1. The van der Waals surface area contributed by atoms with Crippen molar-refractivity contribution in [1.29, 1.82) is 0 Å². The van der Waals surface area contributed by atoms with Crippen LogP contribution in [0, 0.1) is 0 Å². The lowest BCUT2D eigenvalue weighted by Gasteiger charge is -2.24. The Kier molecular flexibility index (Phi) is 10.1. The number of hydrogen-bond acceptors (Lipinski definition) is 5. The van der Waals surface area contributed by atoms with Crippen molar-refractivity contribution < 1.29 is 15.0 Å². The fraction of sp³-hybridized carbons (Fsp3) is 0.333. The first-order valence-electron chi connectivity index (χ1n) is 7.01. The zero-order chi connectivity index (χ0) is 15.9. The maximum Gasteiger partial charge on any atom is 0.240 e. The molecule has 0 unspecified atom stereocenters. The van der Waals surface area contributed by atoms with Gasteiger partial charge in [0, 0.05) is 18.9 Å². The van der Waals surface area contributed by atoms with Crippen molar-refractivity contribution in [2.24, 2.45) is 5.73 Å². The van der Waals surface area contributed by atoms with Gasteiger partial charge in [0.05, 0.1) is 19.2 Å². The van der Waals surface area contributed by atoms with Gasteiger partial charge in [0.25, 0.3) is 0 Å². The minimum atomic E-state index is -0.717. The number of hydrogen-bond donors (Lipinski definition) is 4. The molecule has 0 aliphatic heterocycles. The highest BCUT2D eigenvalue weighted by Crippen LogP contribution is 2.12. The number of nitrogens with one attached hydrogen (secondary N) is 1. The molecule has 5 N–H and O–H groups in total. The van der Waals surface area contributed by atoms with E-state index in [4.69, 9.17) is 10.8 Å². The third-order valence-corrected chi connectivity index (χ3v) is 3.29. The number of aliphatic hydroxyl groups excluding tert-OH is 1. The molecule has 2 rings (SSSR count). The van der Waals surface area contributed by atoms with Crippen LogP contribution in [0.1, 0.15) is 11.4 Å². The Labute approximate surface area is 152 Å². The van der Waals surface area contributed by atoms with Gasteiger partial charge in [-0.15, -0.1) is 24.8 Å². The zero-order valence-corrected chi connectivity index (χ0v) is 14.6. The van der Waals surface area contributed by atoms with Crippen LogP contribution in [0.4, 0.5) is 0 Å². The van der Waals surface area contributed by atoms with Gasteiger partial charge in [-0.25, -0.2) is 4.98 Å². The van der Waals surface area contributed by atoms with Gasteiger partial charge >= 0.3 is 0 Å². The molecule has 134 valence electrons. The van der Waals surface area contributed by atoms with Crippen molar-refractivity contribution in [3.05, 3.63) is 48.0 Å². The van der Waals surface area contributed by atoms with Crippen LogP contribution in [-0.4, -0.2) is 50.2 Å². The second kappa shape index (κ2) is 10.9. The predicted octanol–water partition coefficient (Wildman–Crippen LogP) is 0.850. The van der Waals surface area contributed by atoms with Crippen LogP contribution in [-0.2, 0) is 17.8 Å². The van der Waals surface area contributed by atoms with Crippen LogP contribution in [0.25, 0.3) is 0 Å². The molecule has 0 aliphatic rings. The molecular formula is C15H22Cl2N4O3. The minimum Gasteiger partial charge on any atom is -0.508 e. The van der Waals surface area contributed by atoms with E-state index in [0.717, 1.165) is 5.56 Å². The molecular weight excluding hydrogens is 355 g/mol. The number of imidazole rings is 1. The third kappa shape index (κ3) is 6.37. The van der Waals surface area contributed by atoms with Gasteiger partial charge in [0.15, 0.2) is 0 Å². The van der Waals surface area contributed by atoms with Crippen molar-refractivity contribution in [3.8, 4) is 5.75 Å². The van der Waals surface area contributed by atoms with Crippen LogP contribution in [0.2, 0.25) is 0 Å². The highest BCUT2D eigenvalue weighted by atomic mass is 35.5. The van der Waals surface area contributed by atoms with E-state index in [-0.39, 0.29) is 56.2 Å². The summed E-state index contributed by atoms with van der Waals surface area (Å²) in [5.74, 6) is 0.556. The topological polar surface area (TPSA) is 115 Å². The molecule has 0 fully saturated rings. The number of aliphatic hydroxyl groups is 1. The molecule has 0 saturated carbocycles. The van der Waals surface area contributed by atoms with E-state index in [0.29, 0.717) is 12.2 Å². The summed E-state index contributed by atoms with van der Waals surface area (Å²) in [6.07, 6.45) is 3.64. The second-order valence-electron chi connectivity index (χ2n) is 5.00. The van der Waals surface area contributed by atoms with Crippen molar-refractivity contribution >= 4 is 30.7 Å². The van der Waals surface area contributed by atoms with Crippen LogP contribution >= 0.6 is 24.8 Å². The third-order valence-electron chi connectivity index (χ3n) is 3.29. The number of amides is 1. The van der Waals surface area contributed by atoms with Gasteiger partial charge in [-0.2, -0.15) is 0 Å². The summed E-state index contributed by atoms with van der Waals surface area (Å²) in [7, 11) is 0. The number of halogens is 2. The molecule has 1 heterocycles. The first-order chi connectivity index (χ1) is 10.6. The molecule has 0 saturated heterocycles. The number of carbonyl (C=O) groups is 1. The molecule has 0 spiro atoms. The molecule has 0 aliphatic carbocycles. The van der Waals surface area contributed by atoms with Crippen LogP contribution in [0.15, 0.2) is 36.7 Å². The van der Waals surface area contributed by atoms with Gasteiger partial charge in [-0.1, -0.05) is 12.1 Å². The van der Waals surface area contributed by atoms with Crippen molar-refractivity contribution in [1.82, 2.24) is 14.9 Å². The molecule has 1 amide bonds. The summed E-state index contributed by atoms with van der Waals surface area (Å²) >= 11 is 0. The summed E-state index contributed by atoms with van der Waals surface area (Å²) in [5, 5.41) is 18.4. The maximum atomic E-state index is 12.4. The lowest BCUT2D eigenvalue weighted by molar-refractivity contribution is -0.133. The number of rotatable bonds is 7. The van der Waals surface area contributed by atoms with Crippen molar-refractivity contribution in [3.63, 3.8) is 0 Å². The zero-order valence-electron chi connectivity index (χ0n) is 13.0. The smallest absolute Gasteiger partial charge is 0.240 e. The van der Waals surface area contributed by atoms with E-state index in [9.17, 15) is 9.90 Å². The maximum absolute atomic E-state index is 12.4. The van der Waals surface area contributed by atoms with Gasteiger partial charge in [0.1, 0.15) is 11.6 Å². The van der Waals surface area contributed by atoms with E-state index in [1.54, 1.807) is 36.7 Å². The number of nitrogens with two attached hydrogens (primary N) is 1. The summed E-state index contributed by atoms with van der Waals surface area (Å²) in [6, 6.07) is 5.85. The summed E-state index contributed by atoms with van der Waals surface area (Å²) in [6.45, 7) is 0.330. The molecule has 1 aromatic heterocycles. The Morgan fingerprint density at radius 1 is 1.29 bits per heavy atom. The van der Waals surface area contributed by atoms with E-state index >= 15 is 0 Å². The first kappa shape index (κ1) is 22.2. The van der Waals surface area contributed by atoms with E-state index < -0.39 is 6.04 Å². The minimum absolute atomic E-state index is 0. The molecule has 1 aromatic carbocycles. The number of nitrogens with zero attached hydrogens (tertiary/aromatic N) is 2. The number of aromatic amines is 1. The van der Waals surface area contributed by atoms with Gasteiger partial charge in [-0.3, -0.25) is 4.79 Å². The SMILES string of the molecule is Cl.Cl.N[C@@H](Cc1ccc(O)cc1)C(=O)N(CCO)Cc1ncc[nH]1. The Balaban J connectivity index is 0.00000264. The molecule has 9 heteroatoms. The number of H-pyrrole nitrogens is 1. The number of carbonyl (C=O) groups excluding carboxylic acids is 1. The molecule has 2 aromatic rings. The largest absolute Gasteiger partial charge is 0.508 e. The Morgan fingerprint density at radius 3 is 2.50 bits per heavy atom. The highest BCUT2D eigenvalue weighted by Gasteiger charge is 2.21. The standard InChI is InChI=1S/C15H20N4O3.2ClH/c16-13(9-11-1-3-12(21)4-2-11)15(22)19(7-8-20)10-14-17-5-6-18-14;;/h1-6,13,20-21H,7-10,16H2,(H,17,18);2*1H/t13-;;/m0../s1. The number of aromatic nitrogens is 2. The molecule has 0 bridgehead atoms. The van der Waals surface area contributed by atoms with Crippen molar-refractivity contribution in [2.75, 3.05) is 13.2 Å². The Hall–Kier alpha value is -1.80. The van der Waals surface area contributed by atoms with Gasteiger partial charge in [0.2, 0.25) is 5.91 Å². The van der Waals surface area contributed by atoms with Crippen LogP contribution < -0.4 is 5.73 Å². The average Bonchev–Trinajstić information content (AvgIpc) is 3.01. The van der Waals surface area contributed by atoms with E-state index in [1.165, 1.54) is 4.90 Å². The van der Waals surface area contributed by atoms with Crippen LogP contribution in [0.3, 0.4) is 0 Å².